The van der Waals surface area contributed by atoms with E-state index < -0.39 is 0 Å². The van der Waals surface area contributed by atoms with Crippen molar-refractivity contribution in [2.24, 2.45) is 11.8 Å². The van der Waals surface area contributed by atoms with Crippen molar-refractivity contribution in [2.45, 2.75) is 12.3 Å². The molecule has 1 aromatic heterocycles. The first-order valence-electron chi connectivity index (χ1n) is 6.92. The van der Waals surface area contributed by atoms with Gasteiger partial charge in [0.2, 0.25) is 0 Å². The molecular weight excluding hydrogens is 248 g/mol. The van der Waals surface area contributed by atoms with Crippen LogP contribution in [0.5, 0.6) is 0 Å². The molecule has 2 aromatic rings. The van der Waals surface area contributed by atoms with Gasteiger partial charge in [0.15, 0.2) is 5.69 Å². The smallest absolute Gasteiger partial charge is 0.163 e. The van der Waals surface area contributed by atoms with Gasteiger partial charge in [-0.15, -0.1) is 10.2 Å². The van der Waals surface area contributed by atoms with Gasteiger partial charge in [0.1, 0.15) is 11.9 Å². The van der Waals surface area contributed by atoms with E-state index >= 15 is 0 Å². The lowest BCUT2D eigenvalue weighted by atomic mass is 10.0. The zero-order valence-electron chi connectivity index (χ0n) is 11.0. The Morgan fingerprint density at radius 3 is 2.90 bits per heavy atom. The van der Waals surface area contributed by atoms with Crippen LogP contribution in [0.3, 0.4) is 0 Å². The second-order valence-electron chi connectivity index (χ2n) is 5.55. The second-order valence-corrected chi connectivity index (χ2v) is 5.55. The summed E-state index contributed by atoms with van der Waals surface area (Å²) in [6.07, 6.45) is 1.21. The summed E-state index contributed by atoms with van der Waals surface area (Å²) >= 11 is 0. The zero-order valence-corrected chi connectivity index (χ0v) is 11.0. The van der Waals surface area contributed by atoms with Crippen molar-refractivity contribution in [1.82, 2.24) is 10.2 Å². The normalized spacial score (nSPS) is 25.4. The molecule has 0 saturated heterocycles. The first kappa shape index (κ1) is 11.4. The van der Waals surface area contributed by atoms with Crippen LogP contribution in [0.15, 0.2) is 36.4 Å². The molecule has 1 aromatic carbocycles. The summed E-state index contributed by atoms with van der Waals surface area (Å²) in [5.41, 5.74) is 3.42. The van der Waals surface area contributed by atoms with Gasteiger partial charge in [-0.1, -0.05) is 24.3 Å². The van der Waals surface area contributed by atoms with Crippen LogP contribution in [0.1, 0.15) is 22.7 Å². The predicted molar refractivity (Wildman–Crippen MR) is 75.1 cm³/mol. The van der Waals surface area contributed by atoms with Crippen LogP contribution < -0.4 is 5.32 Å². The molecule has 3 unspecified atom stereocenters. The molecule has 1 N–H and O–H groups in total. The fraction of sp³-hybridized carbons (Fsp3) is 0.312. The molecule has 0 amide bonds. The number of hydrogen-bond donors (Lipinski definition) is 1. The highest BCUT2D eigenvalue weighted by molar-refractivity contribution is 5.44. The van der Waals surface area contributed by atoms with Gasteiger partial charge in [0.05, 0.1) is 0 Å². The van der Waals surface area contributed by atoms with Gasteiger partial charge in [-0.05, 0) is 47.4 Å². The van der Waals surface area contributed by atoms with Gasteiger partial charge >= 0.3 is 0 Å². The van der Waals surface area contributed by atoms with Crippen molar-refractivity contribution in [3.8, 4) is 6.07 Å². The van der Waals surface area contributed by atoms with Gasteiger partial charge < -0.3 is 5.32 Å². The molecule has 2 aliphatic carbocycles. The molecule has 1 heterocycles. The van der Waals surface area contributed by atoms with E-state index in [0.717, 1.165) is 24.2 Å². The first-order chi connectivity index (χ1) is 9.86. The third-order valence-electron chi connectivity index (χ3n) is 4.50. The SMILES string of the molecule is N#Cc1ccc(NCC2C3Cc4ccccc4C23)nn1. The Morgan fingerprint density at radius 2 is 2.10 bits per heavy atom. The largest absolute Gasteiger partial charge is 0.368 e. The number of nitriles is 1. The maximum atomic E-state index is 8.69. The predicted octanol–water partition coefficient (Wildman–Crippen LogP) is 2.35. The molecule has 98 valence electrons. The number of rotatable bonds is 3. The lowest BCUT2D eigenvalue weighted by molar-refractivity contribution is 0.717. The Kier molecular flexibility index (Phi) is 2.46. The fourth-order valence-corrected chi connectivity index (χ4v) is 3.47. The quantitative estimate of drug-likeness (QED) is 0.922. The molecule has 0 radical (unpaired) electrons. The fourth-order valence-electron chi connectivity index (χ4n) is 3.47. The molecule has 0 bridgehead atoms. The number of nitrogens with one attached hydrogen (secondary N) is 1. The average Bonchev–Trinajstić information content (AvgIpc) is 3.04. The van der Waals surface area contributed by atoms with E-state index in [1.807, 2.05) is 12.1 Å². The van der Waals surface area contributed by atoms with Crippen LogP contribution in [0.4, 0.5) is 5.82 Å². The lowest BCUT2D eigenvalue weighted by Crippen LogP contribution is -2.09. The van der Waals surface area contributed by atoms with Crippen LogP contribution in [0, 0.1) is 23.2 Å². The molecule has 20 heavy (non-hydrogen) atoms. The molecule has 0 spiro atoms. The monoisotopic (exact) mass is 262 g/mol. The van der Waals surface area contributed by atoms with Gasteiger partial charge in [0, 0.05) is 6.54 Å². The van der Waals surface area contributed by atoms with E-state index in [2.05, 4.69) is 39.8 Å². The molecule has 0 aliphatic heterocycles. The standard InChI is InChI=1S/C16H14N4/c17-8-11-5-6-15(20-19-11)18-9-14-13-7-10-3-1-2-4-12(10)16(13)14/h1-6,13-14,16H,7,9H2,(H,18,20). The van der Waals surface area contributed by atoms with E-state index in [-0.39, 0.29) is 0 Å². The van der Waals surface area contributed by atoms with Gasteiger partial charge in [-0.3, -0.25) is 0 Å². The third-order valence-corrected chi connectivity index (χ3v) is 4.50. The second kappa shape index (κ2) is 4.31. The zero-order chi connectivity index (χ0) is 13.5. The van der Waals surface area contributed by atoms with Crippen LogP contribution in [-0.2, 0) is 6.42 Å². The van der Waals surface area contributed by atoms with Crippen LogP contribution in [0.25, 0.3) is 0 Å². The van der Waals surface area contributed by atoms with Crippen molar-refractivity contribution in [1.29, 1.82) is 5.26 Å². The van der Waals surface area contributed by atoms with E-state index in [1.165, 1.54) is 17.5 Å². The van der Waals surface area contributed by atoms with Gasteiger partial charge in [0.25, 0.3) is 0 Å². The highest BCUT2D eigenvalue weighted by Crippen LogP contribution is 2.61. The molecule has 4 nitrogen and oxygen atoms in total. The molecule has 4 heteroatoms. The van der Waals surface area contributed by atoms with Gasteiger partial charge in [-0.25, -0.2) is 0 Å². The minimum Gasteiger partial charge on any atom is -0.368 e. The average molecular weight is 262 g/mol. The van der Waals surface area contributed by atoms with Crippen molar-refractivity contribution >= 4 is 5.82 Å². The number of benzene rings is 1. The highest BCUT2D eigenvalue weighted by Gasteiger charge is 2.54. The summed E-state index contributed by atoms with van der Waals surface area (Å²) in [4.78, 5) is 0. The number of hydrogen-bond acceptors (Lipinski definition) is 4. The Bertz CT molecular complexity index is 686. The summed E-state index contributed by atoms with van der Waals surface area (Å²) in [5.74, 6) is 2.99. The van der Waals surface area contributed by atoms with Crippen molar-refractivity contribution in [3.05, 3.63) is 53.2 Å². The summed E-state index contributed by atoms with van der Waals surface area (Å²) in [6.45, 7) is 0.935. The van der Waals surface area contributed by atoms with E-state index in [1.54, 1.807) is 6.07 Å². The van der Waals surface area contributed by atoms with Crippen molar-refractivity contribution in [2.75, 3.05) is 11.9 Å². The van der Waals surface area contributed by atoms with Gasteiger partial charge in [-0.2, -0.15) is 5.26 Å². The summed E-state index contributed by atoms with van der Waals surface area (Å²) in [6, 6.07) is 14.3. The number of fused-ring (bicyclic) bond motifs is 3. The summed E-state index contributed by atoms with van der Waals surface area (Å²) in [5, 5.41) is 19.9. The number of nitrogens with zero attached hydrogens (tertiary/aromatic N) is 3. The highest BCUT2D eigenvalue weighted by atomic mass is 15.2. The van der Waals surface area contributed by atoms with Crippen LogP contribution >= 0.6 is 0 Å². The number of anilines is 1. The Morgan fingerprint density at radius 1 is 1.20 bits per heavy atom. The van der Waals surface area contributed by atoms with Crippen molar-refractivity contribution < 1.29 is 0 Å². The lowest BCUT2D eigenvalue weighted by Gasteiger charge is -2.08. The van der Waals surface area contributed by atoms with Crippen LogP contribution in [0.2, 0.25) is 0 Å². The van der Waals surface area contributed by atoms with Crippen molar-refractivity contribution in [3.63, 3.8) is 0 Å². The first-order valence-corrected chi connectivity index (χ1v) is 6.92. The van der Waals surface area contributed by atoms with E-state index in [9.17, 15) is 0 Å². The summed E-state index contributed by atoms with van der Waals surface area (Å²) in [7, 11) is 0. The van der Waals surface area contributed by atoms with E-state index in [4.69, 9.17) is 5.26 Å². The minimum atomic E-state index is 0.354. The number of aromatic nitrogens is 2. The van der Waals surface area contributed by atoms with E-state index in [0.29, 0.717) is 11.6 Å². The Balaban J connectivity index is 1.40. The molecule has 4 rings (SSSR count). The third kappa shape index (κ3) is 1.75. The molecule has 3 atom stereocenters. The molecule has 1 saturated carbocycles. The Hall–Kier alpha value is -2.41. The van der Waals surface area contributed by atoms with Crippen LogP contribution in [-0.4, -0.2) is 16.7 Å². The Labute approximate surface area is 117 Å². The molecule has 1 fully saturated rings. The maximum Gasteiger partial charge on any atom is 0.163 e. The molecule has 2 aliphatic rings. The summed E-state index contributed by atoms with van der Waals surface area (Å²) < 4.78 is 0. The minimum absolute atomic E-state index is 0.354. The topological polar surface area (TPSA) is 61.6 Å². The molecular formula is C16H14N4. The maximum absolute atomic E-state index is 8.69.